The van der Waals surface area contributed by atoms with Crippen LogP contribution in [-0.4, -0.2) is 74.5 Å². The van der Waals surface area contributed by atoms with E-state index in [0.29, 0.717) is 19.8 Å². The zero-order valence-electron chi connectivity index (χ0n) is 19.3. The molecular weight excluding hydrogens is 412 g/mol. The van der Waals surface area contributed by atoms with Gasteiger partial charge in [0.2, 0.25) is 0 Å². The molecule has 1 fully saturated rings. The lowest BCUT2D eigenvalue weighted by Gasteiger charge is -2.43. The van der Waals surface area contributed by atoms with Crippen LogP contribution in [0.1, 0.15) is 44.1 Å². The Balaban J connectivity index is 1.91. The van der Waals surface area contributed by atoms with E-state index in [1.165, 1.54) is 7.11 Å². The molecule has 1 heterocycles. The first-order valence-corrected chi connectivity index (χ1v) is 11.6. The van der Waals surface area contributed by atoms with Crippen molar-refractivity contribution >= 4 is 0 Å². The molecule has 0 bridgehead atoms. The van der Waals surface area contributed by atoms with Crippen LogP contribution in [0.5, 0.6) is 0 Å². The van der Waals surface area contributed by atoms with E-state index >= 15 is 0 Å². The standard InChI is InChI=1S/C25H40O7/c1-3-16-30-24-22(27)25(28-2)32-21(19-29-17-12-7-5-4-6-11-15-26)23(24)31-18-20-13-9-8-10-14-20/h3,8-10,13-14,21-27H,1,4-7,11-12,15-19H2,2H3/t21-,22+,23-,24-,25+/m1/s1. The normalized spacial score (nSPS) is 25.7. The molecule has 0 amide bonds. The molecule has 1 saturated heterocycles. The first-order valence-electron chi connectivity index (χ1n) is 11.6. The average Bonchev–Trinajstić information content (AvgIpc) is 2.82. The Morgan fingerprint density at radius 1 is 1.00 bits per heavy atom. The minimum atomic E-state index is -0.990. The van der Waals surface area contributed by atoms with Crippen molar-refractivity contribution in [3.8, 4) is 0 Å². The molecule has 182 valence electrons. The zero-order chi connectivity index (χ0) is 23.0. The van der Waals surface area contributed by atoms with Crippen LogP contribution in [-0.2, 0) is 30.3 Å². The highest BCUT2D eigenvalue weighted by molar-refractivity contribution is 5.13. The van der Waals surface area contributed by atoms with Gasteiger partial charge >= 0.3 is 0 Å². The number of ether oxygens (including phenoxy) is 5. The van der Waals surface area contributed by atoms with E-state index in [4.69, 9.17) is 28.8 Å². The molecule has 32 heavy (non-hydrogen) atoms. The fourth-order valence-electron chi connectivity index (χ4n) is 3.78. The number of unbranched alkanes of at least 4 members (excludes halogenated alkanes) is 5. The molecule has 0 radical (unpaired) electrons. The Labute approximate surface area is 192 Å². The van der Waals surface area contributed by atoms with Gasteiger partial charge in [0, 0.05) is 20.3 Å². The molecule has 7 nitrogen and oxygen atoms in total. The van der Waals surface area contributed by atoms with Gasteiger partial charge in [-0.25, -0.2) is 0 Å². The summed E-state index contributed by atoms with van der Waals surface area (Å²) >= 11 is 0. The van der Waals surface area contributed by atoms with Crippen LogP contribution in [0, 0.1) is 0 Å². The summed E-state index contributed by atoms with van der Waals surface area (Å²) in [6, 6.07) is 9.86. The Morgan fingerprint density at radius 2 is 1.72 bits per heavy atom. The van der Waals surface area contributed by atoms with E-state index in [9.17, 15) is 5.11 Å². The molecule has 5 atom stereocenters. The molecule has 0 aliphatic carbocycles. The van der Waals surface area contributed by atoms with Crippen LogP contribution in [0.2, 0.25) is 0 Å². The third kappa shape index (κ3) is 9.27. The van der Waals surface area contributed by atoms with Gasteiger partial charge in [0.05, 0.1) is 19.8 Å². The van der Waals surface area contributed by atoms with Crippen molar-refractivity contribution in [2.24, 2.45) is 0 Å². The summed E-state index contributed by atoms with van der Waals surface area (Å²) in [5.74, 6) is 0. The molecule has 2 N–H and O–H groups in total. The van der Waals surface area contributed by atoms with Gasteiger partial charge in [-0.1, -0.05) is 62.1 Å². The first-order chi connectivity index (χ1) is 15.7. The highest BCUT2D eigenvalue weighted by Crippen LogP contribution is 2.27. The molecule has 2 rings (SSSR count). The highest BCUT2D eigenvalue weighted by Gasteiger charge is 2.47. The number of rotatable bonds is 17. The number of benzene rings is 1. The summed E-state index contributed by atoms with van der Waals surface area (Å²) in [4.78, 5) is 0. The van der Waals surface area contributed by atoms with Gasteiger partial charge in [0.25, 0.3) is 0 Å². The molecule has 0 saturated carbocycles. The van der Waals surface area contributed by atoms with Crippen LogP contribution in [0.3, 0.4) is 0 Å². The lowest BCUT2D eigenvalue weighted by Crippen LogP contribution is -2.61. The van der Waals surface area contributed by atoms with Crippen molar-refractivity contribution in [3.05, 3.63) is 48.6 Å². The Morgan fingerprint density at radius 3 is 2.41 bits per heavy atom. The maximum Gasteiger partial charge on any atom is 0.186 e. The average molecular weight is 453 g/mol. The molecule has 1 aromatic rings. The van der Waals surface area contributed by atoms with Gasteiger partial charge in [-0.3, -0.25) is 0 Å². The molecule has 1 aromatic carbocycles. The molecule has 0 spiro atoms. The summed E-state index contributed by atoms with van der Waals surface area (Å²) in [5, 5.41) is 19.6. The van der Waals surface area contributed by atoms with Gasteiger partial charge in [0.15, 0.2) is 6.29 Å². The van der Waals surface area contributed by atoms with Crippen molar-refractivity contribution in [1.29, 1.82) is 0 Å². The minimum absolute atomic E-state index is 0.271. The third-order valence-corrected chi connectivity index (χ3v) is 5.52. The van der Waals surface area contributed by atoms with Gasteiger partial charge in [-0.2, -0.15) is 0 Å². The maximum atomic E-state index is 10.7. The number of aliphatic hydroxyl groups is 2. The van der Waals surface area contributed by atoms with E-state index in [1.807, 2.05) is 30.3 Å². The maximum absolute atomic E-state index is 10.7. The van der Waals surface area contributed by atoms with Crippen LogP contribution in [0.25, 0.3) is 0 Å². The molecule has 0 unspecified atom stereocenters. The van der Waals surface area contributed by atoms with Crippen molar-refractivity contribution in [1.82, 2.24) is 0 Å². The largest absolute Gasteiger partial charge is 0.396 e. The van der Waals surface area contributed by atoms with Crippen molar-refractivity contribution in [2.75, 3.05) is 33.5 Å². The van der Waals surface area contributed by atoms with Crippen LogP contribution < -0.4 is 0 Å². The monoisotopic (exact) mass is 452 g/mol. The van der Waals surface area contributed by atoms with E-state index < -0.39 is 30.7 Å². The SMILES string of the molecule is C=CCO[C@@H]1[C@H](O)[C@@H](OC)O[C@H](COCCCCCCCCO)[C@H]1OCc1ccccc1. The smallest absolute Gasteiger partial charge is 0.186 e. The van der Waals surface area contributed by atoms with Crippen LogP contribution in [0.15, 0.2) is 43.0 Å². The summed E-state index contributed by atoms with van der Waals surface area (Å²) in [5.41, 5.74) is 1.03. The van der Waals surface area contributed by atoms with Crippen molar-refractivity contribution in [2.45, 2.75) is 75.8 Å². The topological polar surface area (TPSA) is 86.6 Å². The minimum Gasteiger partial charge on any atom is -0.396 e. The first kappa shape index (κ1) is 26.9. The van der Waals surface area contributed by atoms with Gasteiger partial charge in [-0.05, 0) is 18.4 Å². The highest BCUT2D eigenvalue weighted by atomic mass is 16.7. The molecule has 1 aliphatic heterocycles. The number of aliphatic hydroxyl groups excluding tert-OH is 2. The lowest BCUT2D eigenvalue weighted by atomic mass is 9.98. The van der Waals surface area contributed by atoms with Gasteiger partial charge in [-0.15, -0.1) is 6.58 Å². The molecule has 7 heteroatoms. The number of hydrogen-bond donors (Lipinski definition) is 2. The van der Waals surface area contributed by atoms with Gasteiger partial charge in [0.1, 0.15) is 24.4 Å². The molecule has 0 aromatic heterocycles. The quantitative estimate of drug-likeness (QED) is 0.277. The second kappa shape index (κ2) is 16.3. The predicted molar refractivity (Wildman–Crippen MR) is 122 cm³/mol. The fraction of sp³-hybridized carbons (Fsp3) is 0.680. The summed E-state index contributed by atoms with van der Waals surface area (Å²) < 4.78 is 29.3. The summed E-state index contributed by atoms with van der Waals surface area (Å²) in [7, 11) is 1.50. The summed E-state index contributed by atoms with van der Waals surface area (Å²) in [6.45, 7) is 5.58. The van der Waals surface area contributed by atoms with E-state index in [2.05, 4.69) is 6.58 Å². The van der Waals surface area contributed by atoms with E-state index in [1.54, 1.807) is 6.08 Å². The summed E-state index contributed by atoms with van der Waals surface area (Å²) in [6.07, 6.45) is 4.53. The molecular formula is C25H40O7. The Hall–Kier alpha value is -1.32. The second-order valence-corrected chi connectivity index (χ2v) is 8.04. The Kier molecular flexibility index (Phi) is 13.7. The van der Waals surface area contributed by atoms with Gasteiger partial charge < -0.3 is 33.9 Å². The Bertz CT molecular complexity index is 597. The fourth-order valence-corrected chi connectivity index (χ4v) is 3.78. The van der Waals surface area contributed by atoms with Crippen molar-refractivity contribution < 1.29 is 33.9 Å². The van der Waals surface area contributed by atoms with Crippen molar-refractivity contribution in [3.63, 3.8) is 0 Å². The number of hydrogen-bond acceptors (Lipinski definition) is 7. The zero-order valence-corrected chi connectivity index (χ0v) is 19.3. The van der Waals surface area contributed by atoms with E-state index in [-0.39, 0.29) is 13.2 Å². The van der Waals surface area contributed by atoms with Crippen LogP contribution >= 0.6 is 0 Å². The predicted octanol–water partition coefficient (Wildman–Crippen LogP) is 3.22. The lowest BCUT2D eigenvalue weighted by molar-refractivity contribution is -0.310. The molecule has 1 aliphatic rings. The number of methoxy groups -OCH3 is 1. The van der Waals surface area contributed by atoms with E-state index in [0.717, 1.165) is 44.1 Å². The van der Waals surface area contributed by atoms with Crippen LogP contribution in [0.4, 0.5) is 0 Å². The third-order valence-electron chi connectivity index (χ3n) is 5.52. The second-order valence-electron chi connectivity index (χ2n) is 8.04.